The minimum Gasteiger partial charge on any atom is -0.474 e. The lowest BCUT2D eigenvalue weighted by Gasteiger charge is -2.40. The molecule has 0 amide bonds. The summed E-state index contributed by atoms with van der Waals surface area (Å²) in [5.41, 5.74) is 4.77. The SMILES string of the molecule is C=C(OC(C)(C)C)N1CCN(/C(C)=C(C(=C/C)\C(C)(C)O)/C(C)=N/C=C/CC)CC1.CC/C=C/C=C(C#N)\C=C(/C)CCC. The summed E-state index contributed by atoms with van der Waals surface area (Å²) in [5, 5.41) is 19.7. The van der Waals surface area contributed by atoms with Gasteiger partial charge in [-0.15, -0.1) is 0 Å². The summed E-state index contributed by atoms with van der Waals surface area (Å²) in [6.45, 7) is 31.8. The lowest BCUT2D eigenvalue weighted by molar-refractivity contribution is -0.00708. The van der Waals surface area contributed by atoms with Gasteiger partial charge in [0.25, 0.3) is 0 Å². The van der Waals surface area contributed by atoms with Crippen molar-refractivity contribution in [3.05, 3.63) is 83.1 Å². The van der Waals surface area contributed by atoms with Gasteiger partial charge in [0.05, 0.1) is 17.2 Å². The van der Waals surface area contributed by atoms with E-state index in [1.807, 2.05) is 91.1 Å². The van der Waals surface area contributed by atoms with Crippen LogP contribution in [0.1, 0.15) is 109 Å². The van der Waals surface area contributed by atoms with Crippen molar-refractivity contribution < 1.29 is 9.84 Å². The summed E-state index contributed by atoms with van der Waals surface area (Å²) >= 11 is 0. The Balaban J connectivity index is 0.00000111. The molecular weight excluding hydrogens is 544 g/mol. The Hall–Kier alpha value is -3.30. The van der Waals surface area contributed by atoms with Crippen molar-refractivity contribution in [3.63, 3.8) is 0 Å². The fraction of sp³-hybridized carbons (Fsp3) is 0.579. The molecule has 0 atom stereocenters. The Bertz CT molecular complexity index is 1150. The van der Waals surface area contributed by atoms with Crippen LogP contribution in [0.5, 0.6) is 0 Å². The molecular formula is C38H62N4O2. The zero-order chi connectivity index (χ0) is 33.9. The van der Waals surface area contributed by atoms with Gasteiger partial charge in [-0.2, -0.15) is 5.26 Å². The van der Waals surface area contributed by atoms with Crippen LogP contribution in [0.4, 0.5) is 0 Å². The van der Waals surface area contributed by atoms with E-state index >= 15 is 0 Å². The van der Waals surface area contributed by atoms with Gasteiger partial charge in [0.15, 0.2) is 5.88 Å². The van der Waals surface area contributed by atoms with Gasteiger partial charge in [-0.05, 0) is 106 Å². The van der Waals surface area contributed by atoms with Crippen molar-refractivity contribution in [2.45, 2.75) is 120 Å². The van der Waals surface area contributed by atoms with Crippen molar-refractivity contribution in [1.82, 2.24) is 9.80 Å². The largest absolute Gasteiger partial charge is 0.474 e. The fourth-order valence-corrected chi connectivity index (χ4v) is 4.81. The second-order valence-electron chi connectivity index (χ2n) is 12.6. The standard InChI is InChI=1S/C25H43N3O2.C13H19N/c1-11-13-14-26-19(3)23(22(12-2)25(9,10)29)20(4)27-15-17-28(18-16-27)21(5)30-24(6,7)8;1-4-6-7-9-13(11-14)10-12(3)8-5-2/h12-14,29H,5,11,15-18H2,1-4,6-10H3;6-7,9-10H,4-5,8H2,1-3H3/b14-13+,22-12+,23-20-,26-19+;7-6+,12-10+,13-9+. The predicted molar refractivity (Wildman–Crippen MR) is 190 cm³/mol. The average Bonchev–Trinajstić information content (AvgIpc) is 2.94. The fourth-order valence-electron chi connectivity index (χ4n) is 4.81. The highest BCUT2D eigenvalue weighted by molar-refractivity contribution is 6.03. The zero-order valence-electron chi connectivity index (χ0n) is 30.0. The maximum absolute atomic E-state index is 10.8. The number of aliphatic imine (C=N–C) groups is 1. The molecule has 1 aliphatic rings. The molecule has 0 saturated carbocycles. The van der Waals surface area contributed by atoms with Gasteiger partial charge in [0.2, 0.25) is 0 Å². The number of rotatable bonds is 13. The topological polar surface area (TPSA) is 72.1 Å². The van der Waals surface area contributed by atoms with Crippen LogP contribution in [0.25, 0.3) is 0 Å². The minimum atomic E-state index is -0.951. The quantitative estimate of drug-likeness (QED) is 0.0978. The first kappa shape index (κ1) is 40.7. The number of hydrogen-bond acceptors (Lipinski definition) is 6. The van der Waals surface area contributed by atoms with Crippen LogP contribution in [0.3, 0.4) is 0 Å². The monoisotopic (exact) mass is 606 g/mol. The summed E-state index contributed by atoms with van der Waals surface area (Å²) in [6.07, 6.45) is 17.8. The van der Waals surface area contributed by atoms with E-state index in [0.717, 1.165) is 85.9 Å². The summed E-state index contributed by atoms with van der Waals surface area (Å²) in [7, 11) is 0. The van der Waals surface area contributed by atoms with Gasteiger partial charge in [-0.1, -0.05) is 57.1 Å². The van der Waals surface area contributed by atoms with Crippen LogP contribution in [-0.2, 0) is 4.74 Å². The van der Waals surface area contributed by atoms with Crippen molar-refractivity contribution in [1.29, 1.82) is 5.26 Å². The molecule has 1 aliphatic heterocycles. The number of nitriles is 1. The number of allylic oxidation sites excluding steroid dienone is 9. The van der Waals surface area contributed by atoms with Crippen molar-refractivity contribution in [3.8, 4) is 6.07 Å². The number of aliphatic hydroxyl groups is 1. The van der Waals surface area contributed by atoms with Crippen molar-refractivity contribution >= 4 is 5.71 Å². The Kier molecular flexibility index (Phi) is 19.1. The highest BCUT2D eigenvalue weighted by atomic mass is 16.5. The number of ether oxygens (including phenoxy) is 1. The normalized spacial score (nSPS) is 16.5. The van der Waals surface area contributed by atoms with E-state index in [-0.39, 0.29) is 5.60 Å². The van der Waals surface area contributed by atoms with Crippen LogP contribution in [-0.4, -0.2) is 58.0 Å². The van der Waals surface area contributed by atoms with Crippen LogP contribution < -0.4 is 0 Å². The number of hydrogen-bond donors (Lipinski definition) is 1. The van der Waals surface area contributed by atoms with Crippen LogP contribution in [0.15, 0.2) is 88.1 Å². The first-order chi connectivity index (χ1) is 20.6. The molecule has 1 rings (SSSR count). The Morgan fingerprint density at radius 1 is 0.977 bits per heavy atom. The molecule has 0 aromatic heterocycles. The van der Waals surface area contributed by atoms with E-state index in [0.29, 0.717) is 0 Å². The number of nitrogens with zero attached hydrogens (tertiary/aromatic N) is 4. The first-order valence-electron chi connectivity index (χ1n) is 16.2. The van der Waals surface area contributed by atoms with Gasteiger partial charge >= 0.3 is 0 Å². The maximum atomic E-state index is 10.8. The van der Waals surface area contributed by atoms with Gasteiger partial charge < -0.3 is 19.6 Å². The summed E-state index contributed by atoms with van der Waals surface area (Å²) < 4.78 is 5.95. The minimum absolute atomic E-state index is 0.246. The molecule has 1 fully saturated rings. The molecule has 0 aliphatic carbocycles. The van der Waals surface area contributed by atoms with Crippen LogP contribution in [0, 0.1) is 11.3 Å². The van der Waals surface area contributed by atoms with E-state index in [9.17, 15) is 5.11 Å². The highest BCUT2D eigenvalue weighted by Gasteiger charge is 2.28. The molecule has 1 N–H and O–H groups in total. The maximum Gasteiger partial charge on any atom is 0.182 e. The predicted octanol–water partition coefficient (Wildman–Crippen LogP) is 9.42. The molecule has 0 aromatic rings. The Morgan fingerprint density at radius 3 is 2.00 bits per heavy atom. The Morgan fingerprint density at radius 2 is 1.55 bits per heavy atom. The second-order valence-corrected chi connectivity index (χ2v) is 12.6. The Labute approximate surface area is 270 Å². The third kappa shape index (κ3) is 16.0. The first-order valence-corrected chi connectivity index (χ1v) is 16.2. The second kappa shape index (κ2) is 20.6. The third-order valence-electron chi connectivity index (χ3n) is 6.90. The van der Waals surface area contributed by atoms with Gasteiger partial charge in [-0.3, -0.25) is 4.99 Å². The lowest BCUT2D eigenvalue weighted by atomic mass is 9.87. The molecule has 246 valence electrons. The molecule has 6 heteroatoms. The van der Waals surface area contributed by atoms with E-state index < -0.39 is 5.60 Å². The highest BCUT2D eigenvalue weighted by Crippen LogP contribution is 2.30. The molecule has 0 aromatic carbocycles. The molecule has 44 heavy (non-hydrogen) atoms. The van der Waals surface area contributed by atoms with E-state index in [1.54, 1.807) is 0 Å². The number of piperazine rings is 1. The van der Waals surface area contributed by atoms with E-state index in [1.165, 1.54) is 5.57 Å². The van der Waals surface area contributed by atoms with Gasteiger partial charge in [-0.25, -0.2) is 0 Å². The molecule has 6 nitrogen and oxygen atoms in total. The van der Waals surface area contributed by atoms with Gasteiger partial charge in [0, 0.05) is 49.4 Å². The van der Waals surface area contributed by atoms with Crippen molar-refractivity contribution in [2.24, 2.45) is 4.99 Å². The van der Waals surface area contributed by atoms with Gasteiger partial charge in [0.1, 0.15) is 5.60 Å². The summed E-state index contributed by atoms with van der Waals surface area (Å²) in [4.78, 5) is 9.22. The zero-order valence-corrected chi connectivity index (χ0v) is 30.0. The molecule has 0 spiro atoms. The summed E-state index contributed by atoms with van der Waals surface area (Å²) in [6, 6.07) is 2.18. The lowest BCUT2D eigenvalue weighted by Crippen LogP contribution is -2.46. The molecule has 1 heterocycles. The molecule has 1 saturated heterocycles. The molecule has 0 radical (unpaired) electrons. The summed E-state index contributed by atoms with van der Waals surface area (Å²) in [5.74, 6) is 0.733. The average molecular weight is 607 g/mol. The smallest absolute Gasteiger partial charge is 0.182 e. The van der Waals surface area contributed by atoms with Crippen molar-refractivity contribution in [2.75, 3.05) is 26.2 Å². The molecule has 0 unspecified atom stereocenters. The van der Waals surface area contributed by atoms with E-state index in [4.69, 9.17) is 10.00 Å². The van der Waals surface area contributed by atoms with E-state index in [2.05, 4.69) is 62.1 Å². The molecule has 0 bridgehead atoms. The third-order valence-corrected chi connectivity index (χ3v) is 6.90. The van der Waals surface area contributed by atoms with Crippen LogP contribution >= 0.6 is 0 Å². The van der Waals surface area contributed by atoms with Crippen LogP contribution in [0.2, 0.25) is 0 Å².